The maximum Gasteiger partial charge on any atom is 0.252 e. The van der Waals surface area contributed by atoms with Gasteiger partial charge in [-0.1, -0.05) is 32.9 Å². The van der Waals surface area contributed by atoms with Gasteiger partial charge >= 0.3 is 0 Å². The molecule has 0 saturated carbocycles. The van der Waals surface area contributed by atoms with Crippen molar-refractivity contribution in [2.75, 3.05) is 13.1 Å². The van der Waals surface area contributed by atoms with E-state index in [1.807, 2.05) is 24.3 Å². The average molecular weight is 292 g/mol. The van der Waals surface area contributed by atoms with Gasteiger partial charge in [0.2, 0.25) is 0 Å². The van der Waals surface area contributed by atoms with Gasteiger partial charge in [-0.25, -0.2) is 0 Å². The summed E-state index contributed by atoms with van der Waals surface area (Å²) in [6.07, 6.45) is 1.12. The summed E-state index contributed by atoms with van der Waals surface area (Å²) in [5, 5.41) is 7.00. The Morgan fingerprint density at radius 1 is 1.40 bits per heavy atom. The zero-order chi connectivity index (χ0) is 14.5. The summed E-state index contributed by atoms with van der Waals surface area (Å²) in [4.78, 5) is 13.6. The second-order valence-electron chi connectivity index (χ2n) is 5.71. The Morgan fingerprint density at radius 2 is 2.15 bits per heavy atom. The first kappa shape index (κ1) is 15.4. The Balaban J connectivity index is 2.08. The summed E-state index contributed by atoms with van der Waals surface area (Å²) in [5.41, 5.74) is 0.795. The standard InChI is InChI=1S/C16H24N2OS/c1-11(2)20-15-7-5-4-6-13(15)16(19)18-14-10-17-9-8-12(14)3/h4-7,11-12,14,17H,8-10H2,1-3H3,(H,18,19). The van der Waals surface area contributed by atoms with Crippen molar-refractivity contribution in [1.82, 2.24) is 10.6 Å². The van der Waals surface area contributed by atoms with Gasteiger partial charge in [0.25, 0.3) is 5.91 Å². The van der Waals surface area contributed by atoms with Crippen LogP contribution in [0.1, 0.15) is 37.6 Å². The molecule has 0 bridgehead atoms. The monoisotopic (exact) mass is 292 g/mol. The highest BCUT2D eigenvalue weighted by atomic mass is 32.2. The van der Waals surface area contributed by atoms with Crippen molar-refractivity contribution in [3.63, 3.8) is 0 Å². The SMILES string of the molecule is CC(C)Sc1ccccc1C(=O)NC1CNCCC1C. The highest BCUT2D eigenvalue weighted by molar-refractivity contribution is 8.00. The smallest absolute Gasteiger partial charge is 0.252 e. The van der Waals surface area contributed by atoms with Crippen LogP contribution < -0.4 is 10.6 Å². The number of benzene rings is 1. The number of nitrogens with one attached hydrogen (secondary N) is 2. The lowest BCUT2D eigenvalue weighted by Crippen LogP contribution is -2.50. The molecule has 1 aromatic rings. The van der Waals surface area contributed by atoms with Crippen molar-refractivity contribution >= 4 is 17.7 Å². The molecular weight excluding hydrogens is 268 g/mol. The van der Waals surface area contributed by atoms with Crippen LogP contribution in [0.25, 0.3) is 0 Å². The number of amides is 1. The van der Waals surface area contributed by atoms with Crippen LogP contribution in [0.5, 0.6) is 0 Å². The molecule has 1 fully saturated rings. The minimum Gasteiger partial charge on any atom is -0.348 e. The van der Waals surface area contributed by atoms with Crippen molar-refractivity contribution in [3.05, 3.63) is 29.8 Å². The molecule has 0 spiro atoms. The second-order valence-corrected chi connectivity index (χ2v) is 7.33. The number of carbonyl (C=O) groups excluding carboxylic acids is 1. The number of piperidine rings is 1. The topological polar surface area (TPSA) is 41.1 Å². The summed E-state index contributed by atoms with van der Waals surface area (Å²) in [6.45, 7) is 8.42. The number of thioether (sulfide) groups is 1. The molecule has 2 N–H and O–H groups in total. The van der Waals surface area contributed by atoms with E-state index in [9.17, 15) is 4.79 Å². The van der Waals surface area contributed by atoms with Gasteiger partial charge in [0.1, 0.15) is 0 Å². The van der Waals surface area contributed by atoms with Crippen LogP contribution in [0.2, 0.25) is 0 Å². The van der Waals surface area contributed by atoms with Crippen LogP contribution in [0.3, 0.4) is 0 Å². The van der Waals surface area contributed by atoms with Crippen LogP contribution in [0.15, 0.2) is 29.2 Å². The van der Waals surface area contributed by atoms with E-state index in [4.69, 9.17) is 0 Å². The highest BCUT2D eigenvalue weighted by Crippen LogP contribution is 2.26. The molecule has 1 aliphatic heterocycles. The molecule has 0 aromatic heterocycles. The molecule has 1 aliphatic rings. The molecule has 0 aliphatic carbocycles. The fraction of sp³-hybridized carbons (Fsp3) is 0.562. The molecule has 20 heavy (non-hydrogen) atoms. The average Bonchev–Trinajstić information content (AvgIpc) is 2.41. The van der Waals surface area contributed by atoms with Gasteiger partial charge in [0, 0.05) is 22.7 Å². The number of rotatable bonds is 4. The van der Waals surface area contributed by atoms with Gasteiger partial charge in [-0.3, -0.25) is 4.79 Å². The van der Waals surface area contributed by atoms with Gasteiger partial charge in [0.15, 0.2) is 0 Å². The van der Waals surface area contributed by atoms with E-state index in [1.165, 1.54) is 0 Å². The summed E-state index contributed by atoms with van der Waals surface area (Å²) in [6, 6.07) is 8.10. The van der Waals surface area contributed by atoms with E-state index in [1.54, 1.807) is 11.8 Å². The summed E-state index contributed by atoms with van der Waals surface area (Å²) >= 11 is 1.74. The summed E-state index contributed by atoms with van der Waals surface area (Å²) in [7, 11) is 0. The Kier molecular flexibility index (Phi) is 5.49. The molecule has 110 valence electrons. The summed E-state index contributed by atoms with van der Waals surface area (Å²) in [5.74, 6) is 0.583. The van der Waals surface area contributed by atoms with Crippen LogP contribution in [0, 0.1) is 5.92 Å². The lowest BCUT2D eigenvalue weighted by Gasteiger charge is -2.30. The predicted molar refractivity (Wildman–Crippen MR) is 85.3 cm³/mol. The maximum atomic E-state index is 12.5. The second kappa shape index (κ2) is 7.14. The van der Waals surface area contributed by atoms with Crippen molar-refractivity contribution in [1.29, 1.82) is 0 Å². The van der Waals surface area contributed by atoms with Crippen molar-refractivity contribution < 1.29 is 4.79 Å². The molecule has 2 atom stereocenters. The van der Waals surface area contributed by atoms with Crippen LogP contribution >= 0.6 is 11.8 Å². The van der Waals surface area contributed by atoms with Crippen molar-refractivity contribution in [2.45, 2.75) is 43.4 Å². The van der Waals surface area contributed by atoms with Crippen molar-refractivity contribution in [2.24, 2.45) is 5.92 Å². The first-order valence-corrected chi connectivity index (χ1v) is 8.23. The molecular formula is C16H24N2OS. The van der Waals surface area contributed by atoms with E-state index in [0.29, 0.717) is 11.2 Å². The first-order valence-electron chi connectivity index (χ1n) is 7.35. The van der Waals surface area contributed by atoms with Gasteiger partial charge in [0.05, 0.1) is 5.56 Å². The zero-order valence-corrected chi connectivity index (χ0v) is 13.3. The lowest BCUT2D eigenvalue weighted by atomic mass is 9.94. The normalized spacial score (nSPS) is 22.8. The highest BCUT2D eigenvalue weighted by Gasteiger charge is 2.24. The summed E-state index contributed by atoms with van der Waals surface area (Å²) < 4.78 is 0. The van der Waals surface area contributed by atoms with E-state index >= 15 is 0 Å². The molecule has 4 heteroatoms. The van der Waals surface area contributed by atoms with E-state index in [2.05, 4.69) is 31.4 Å². The fourth-order valence-electron chi connectivity index (χ4n) is 2.44. The largest absolute Gasteiger partial charge is 0.348 e. The first-order chi connectivity index (χ1) is 9.58. The minimum atomic E-state index is 0.0503. The fourth-order valence-corrected chi connectivity index (χ4v) is 3.39. The molecule has 1 heterocycles. The van der Waals surface area contributed by atoms with Crippen LogP contribution in [-0.2, 0) is 0 Å². The van der Waals surface area contributed by atoms with Crippen LogP contribution in [0.4, 0.5) is 0 Å². The third kappa shape index (κ3) is 4.00. The molecule has 2 unspecified atom stereocenters. The van der Waals surface area contributed by atoms with E-state index in [0.717, 1.165) is 30.0 Å². The van der Waals surface area contributed by atoms with E-state index in [-0.39, 0.29) is 11.9 Å². The quantitative estimate of drug-likeness (QED) is 0.838. The van der Waals surface area contributed by atoms with E-state index < -0.39 is 0 Å². The Labute approximate surface area is 125 Å². The third-order valence-corrected chi connectivity index (χ3v) is 4.72. The Morgan fingerprint density at radius 3 is 2.85 bits per heavy atom. The number of hydrogen-bond acceptors (Lipinski definition) is 3. The van der Waals surface area contributed by atoms with Gasteiger partial charge in [-0.15, -0.1) is 11.8 Å². The molecule has 0 radical (unpaired) electrons. The minimum absolute atomic E-state index is 0.0503. The Hall–Kier alpha value is -1.00. The maximum absolute atomic E-state index is 12.5. The number of carbonyl (C=O) groups is 1. The molecule has 2 rings (SSSR count). The predicted octanol–water partition coefficient (Wildman–Crippen LogP) is 2.91. The molecule has 3 nitrogen and oxygen atoms in total. The molecule has 1 amide bonds. The van der Waals surface area contributed by atoms with Gasteiger partial charge in [-0.05, 0) is 31.0 Å². The molecule has 1 saturated heterocycles. The zero-order valence-electron chi connectivity index (χ0n) is 12.5. The van der Waals surface area contributed by atoms with Crippen molar-refractivity contribution in [3.8, 4) is 0 Å². The lowest BCUT2D eigenvalue weighted by molar-refractivity contribution is 0.0912. The molecule has 1 aromatic carbocycles. The van der Waals surface area contributed by atoms with Gasteiger partial charge < -0.3 is 10.6 Å². The Bertz CT molecular complexity index is 462. The van der Waals surface area contributed by atoms with Crippen LogP contribution in [-0.4, -0.2) is 30.3 Å². The van der Waals surface area contributed by atoms with Gasteiger partial charge in [-0.2, -0.15) is 0 Å². The number of hydrogen-bond donors (Lipinski definition) is 2. The third-order valence-electron chi connectivity index (χ3n) is 3.64.